The van der Waals surface area contributed by atoms with Crippen LogP contribution in [0, 0.1) is 0 Å². The van der Waals surface area contributed by atoms with E-state index in [1.54, 1.807) is 13.3 Å². The summed E-state index contributed by atoms with van der Waals surface area (Å²) in [4.78, 5) is 19.4. The number of ether oxygens (including phenoxy) is 1. The van der Waals surface area contributed by atoms with Crippen molar-refractivity contribution in [1.82, 2.24) is 15.2 Å². The van der Waals surface area contributed by atoms with Gasteiger partial charge in [0.25, 0.3) is 0 Å². The highest BCUT2D eigenvalue weighted by Gasteiger charge is 2.41. The van der Waals surface area contributed by atoms with Crippen molar-refractivity contribution in [3.63, 3.8) is 0 Å². The van der Waals surface area contributed by atoms with E-state index in [1.165, 1.54) is 0 Å². The third kappa shape index (κ3) is 5.52. The summed E-state index contributed by atoms with van der Waals surface area (Å²) in [5, 5.41) is 6.88. The lowest BCUT2D eigenvalue weighted by Crippen LogP contribution is -2.32. The first-order valence-corrected chi connectivity index (χ1v) is 13.0. The van der Waals surface area contributed by atoms with Gasteiger partial charge in [0.2, 0.25) is 5.91 Å². The molecule has 2 aromatic heterocycles. The van der Waals surface area contributed by atoms with Crippen LogP contribution in [0.25, 0.3) is 11.3 Å². The Morgan fingerprint density at radius 2 is 1.89 bits per heavy atom. The van der Waals surface area contributed by atoms with Gasteiger partial charge in [-0.1, -0.05) is 46.3 Å². The van der Waals surface area contributed by atoms with Crippen LogP contribution < -0.4 is 15.4 Å². The quantitative estimate of drug-likeness (QED) is 0.245. The lowest BCUT2D eigenvalue weighted by molar-refractivity contribution is -0.116. The van der Waals surface area contributed by atoms with Crippen LogP contribution in [0.5, 0.6) is 5.75 Å². The molecule has 1 aliphatic heterocycles. The van der Waals surface area contributed by atoms with E-state index in [0.29, 0.717) is 23.1 Å². The Morgan fingerprint density at radius 3 is 2.65 bits per heavy atom. The zero-order valence-corrected chi connectivity index (χ0v) is 22.5. The lowest BCUT2D eigenvalue weighted by Gasteiger charge is -2.26. The average Bonchev–Trinajstić information content (AvgIpc) is 3.53. The number of hydrogen-bond acceptors (Lipinski definition) is 5. The molecular formula is C28H25BrN4O3S. The summed E-state index contributed by atoms with van der Waals surface area (Å²) in [7, 11) is 1.58. The predicted molar refractivity (Wildman–Crippen MR) is 150 cm³/mol. The monoisotopic (exact) mass is 576 g/mol. The van der Waals surface area contributed by atoms with Crippen molar-refractivity contribution in [2.45, 2.75) is 18.5 Å². The van der Waals surface area contributed by atoms with Crippen LogP contribution in [0.3, 0.4) is 0 Å². The van der Waals surface area contributed by atoms with E-state index in [0.717, 1.165) is 27.3 Å². The summed E-state index contributed by atoms with van der Waals surface area (Å²) in [5.41, 5.74) is 2.45. The summed E-state index contributed by atoms with van der Waals surface area (Å²) in [6.07, 6.45) is 1.99. The summed E-state index contributed by atoms with van der Waals surface area (Å²) >= 11 is 9.20. The van der Waals surface area contributed by atoms with Crippen LogP contribution in [0.15, 0.2) is 93.9 Å². The number of thiocarbonyl (C=S) groups is 1. The van der Waals surface area contributed by atoms with Gasteiger partial charge >= 0.3 is 0 Å². The second-order valence-electron chi connectivity index (χ2n) is 8.53. The molecular weight excluding hydrogens is 552 g/mol. The van der Waals surface area contributed by atoms with Gasteiger partial charge < -0.3 is 24.7 Å². The summed E-state index contributed by atoms with van der Waals surface area (Å²) in [5.74, 6) is 1.97. The molecule has 0 bridgehead atoms. The molecule has 7 nitrogen and oxygen atoms in total. The molecule has 3 heterocycles. The lowest BCUT2D eigenvalue weighted by atomic mass is 10.0. The summed E-state index contributed by atoms with van der Waals surface area (Å²) in [6.45, 7) is 0.398. The Labute approximate surface area is 229 Å². The van der Waals surface area contributed by atoms with Crippen molar-refractivity contribution >= 4 is 44.9 Å². The highest BCUT2D eigenvalue weighted by molar-refractivity contribution is 9.10. The fourth-order valence-corrected chi connectivity index (χ4v) is 5.02. The van der Waals surface area contributed by atoms with Gasteiger partial charge in [-0.25, -0.2) is 0 Å². The number of carbonyl (C=O) groups is 1. The normalized spacial score (nSPS) is 16.9. The molecule has 1 saturated heterocycles. The maximum Gasteiger partial charge on any atom is 0.226 e. The van der Waals surface area contributed by atoms with Crippen molar-refractivity contribution in [1.29, 1.82) is 0 Å². The number of halogens is 1. The van der Waals surface area contributed by atoms with Gasteiger partial charge in [-0.15, -0.1) is 0 Å². The third-order valence-electron chi connectivity index (χ3n) is 6.21. The van der Waals surface area contributed by atoms with E-state index < -0.39 is 0 Å². The number of nitrogens with one attached hydrogen (secondary N) is 2. The van der Waals surface area contributed by atoms with Crippen LogP contribution >= 0.6 is 28.1 Å². The van der Waals surface area contributed by atoms with Gasteiger partial charge in [0, 0.05) is 29.2 Å². The minimum Gasteiger partial charge on any atom is -0.495 e. The molecule has 5 rings (SSSR count). The van der Waals surface area contributed by atoms with Gasteiger partial charge in [0.05, 0.1) is 24.5 Å². The molecule has 0 saturated carbocycles. The number of methoxy groups -OCH3 is 1. The molecule has 1 amide bonds. The number of para-hydroxylation sites is 2. The molecule has 37 heavy (non-hydrogen) atoms. The fourth-order valence-electron chi connectivity index (χ4n) is 4.42. The molecule has 2 atom stereocenters. The number of aromatic nitrogens is 1. The highest BCUT2D eigenvalue weighted by Crippen LogP contribution is 2.40. The maximum atomic E-state index is 12.9. The number of carbonyl (C=O) groups excluding carboxylic acids is 1. The molecule has 4 aromatic rings. The molecule has 2 N–H and O–H groups in total. The zero-order chi connectivity index (χ0) is 25.8. The van der Waals surface area contributed by atoms with Crippen LogP contribution in [-0.2, 0) is 4.79 Å². The first-order valence-electron chi connectivity index (χ1n) is 11.8. The van der Waals surface area contributed by atoms with Gasteiger partial charge in [-0.05, 0) is 60.7 Å². The topological polar surface area (TPSA) is 79.6 Å². The Bertz CT molecular complexity index is 1390. The van der Waals surface area contributed by atoms with Crippen LogP contribution in [0.1, 0.15) is 30.0 Å². The first-order chi connectivity index (χ1) is 18.0. The SMILES string of the molecule is COc1ccccc1NC(=O)CCN1C(=S)N[C@H](c2ccccn2)[C@@H]1c1ccc(-c2ccc(Br)cc2)o1. The van der Waals surface area contributed by atoms with Crippen molar-refractivity contribution in [2.75, 3.05) is 19.0 Å². The Kier molecular flexibility index (Phi) is 7.52. The highest BCUT2D eigenvalue weighted by atomic mass is 79.9. The molecule has 0 radical (unpaired) electrons. The third-order valence-corrected chi connectivity index (χ3v) is 7.09. The summed E-state index contributed by atoms with van der Waals surface area (Å²) < 4.78 is 12.7. The number of pyridine rings is 1. The largest absolute Gasteiger partial charge is 0.495 e. The Morgan fingerprint density at radius 1 is 1.11 bits per heavy atom. The van der Waals surface area contributed by atoms with E-state index in [2.05, 4.69) is 31.5 Å². The molecule has 2 aromatic carbocycles. The fraction of sp³-hybridized carbons (Fsp3) is 0.179. The summed E-state index contributed by atoms with van der Waals surface area (Å²) in [6, 6.07) is 24.5. The van der Waals surface area contributed by atoms with Crippen LogP contribution in [0.2, 0.25) is 0 Å². The molecule has 1 aliphatic rings. The number of benzene rings is 2. The van der Waals surface area contributed by atoms with Crippen molar-refractivity contribution in [3.05, 3.63) is 101 Å². The maximum absolute atomic E-state index is 12.9. The molecule has 9 heteroatoms. The number of furan rings is 1. The van der Waals surface area contributed by atoms with Crippen LogP contribution in [0.4, 0.5) is 5.69 Å². The number of anilines is 1. The second kappa shape index (κ2) is 11.1. The van der Waals surface area contributed by atoms with Crippen molar-refractivity contribution in [2.24, 2.45) is 0 Å². The van der Waals surface area contributed by atoms with Crippen molar-refractivity contribution in [3.8, 4) is 17.1 Å². The van der Waals surface area contributed by atoms with E-state index in [9.17, 15) is 4.79 Å². The first kappa shape index (κ1) is 25.0. The van der Waals surface area contributed by atoms with E-state index >= 15 is 0 Å². The number of hydrogen-bond donors (Lipinski definition) is 2. The molecule has 0 unspecified atom stereocenters. The van der Waals surface area contributed by atoms with Crippen LogP contribution in [-0.4, -0.2) is 34.6 Å². The number of rotatable bonds is 8. The Hall–Kier alpha value is -3.69. The van der Waals surface area contributed by atoms with Gasteiger partial charge in [0.15, 0.2) is 5.11 Å². The minimum atomic E-state index is -0.273. The average molecular weight is 578 g/mol. The van der Waals surface area contributed by atoms with Gasteiger partial charge in [-0.3, -0.25) is 9.78 Å². The molecule has 188 valence electrons. The predicted octanol–water partition coefficient (Wildman–Crippen LogP) is 6.11. The number of amides is 1. The van der Waals surface area contributed by atoms with E-state index in [4.69, 9.17) is 21.4 Å². The smallest absolute Gasteiger partial charge is 0.226 e. The Balaban J connectivity index is 1.39. The van der Waals surface area contributed by atoms with E-state index in [1.807, 2.05) is 83.8 Å². The minimum absolute atomic E-state index is 0.137. The molecule has 0 aliphatic carbocycles. The van der Waals surface area contributed by atoms with Gasteiger partial charge in [0.1, 0.15) is 23.3 Å². The standard InChI is InChI=1S/C28H25BrN4O3S/c1-35-23-8-3-2-6-20(23)31-25(34)15-17-33-27(26(32-28(33)37)21-7-4-5-16-30-21)24-14-13-22(36-24)18-9-11-19(29)12-10-18/h2-14,16,26-27H,15,17H2,1H3,(H,31,34)(H,32,37)/t26-,27+/m1/s1. The van der Waals surface area contributed by atoms with Crippen molar-refractivity contribution < 1.29 is 13.9 Å². The van der Waals surface area contributed by atoms with Gasteiger partial charge in [-0.2, -0.15) is 0 Å². The zero-order valence-electron chi connectivity index (χ0n) is 20.1. The second-order valence-corrected chi connectivity index (χ2v) is 9.83. The van der Waals surface area contributed by atoms with E-state index in [-0.39, 0.29) is 24.4 Å². The number of nitrogens with zero attached hydrogens (tertiary/aromatic N) is 2. The molecule has 0 spiro atoms. The molecule has 1 fully saturated rings.